The molecule has 5 heteroatoms. The highest BCUT2D eigenvalue weighted by Gasteiger charge is 2.36. The molecule has 1 aromatic heterocycles. The smallest absolute Gasteiger partial charge is 0.340 e. The number of benzene rings is 2. The van der Waals surface area contributed by atoms with Crippen molar-refractivity contribution >= 4 is 16.7 Å². The molecule has 1 atom stereocenters. The zero-order valence-electron chi connectivity index (χ0n) is 14.3. The van der Waals surface area contributed by atoms with E-state index in [-0.39, 0.29) is 18.4 Å². The fourth-order valence-electron chi connectivity index (χ4n) is 3.44. The highest BCUT2D eigenvalue weighted by Crippen LogP contribution is 2.45. The fourth-order valence-corrected chi connectivity index (χ4v) is 3.44. The molecule has 0 spiro atoms. The minimum atomic E-state index is -0.467. The molecular formula is C21H18N2O3. The number of hydrogen-bond acceptors (Lipinski definition) is 5. The van der Waals surface area contributed by atoms with E-state index in [2.05, 4.69) is 4.98 Å². The van der Waals surface area contributed by atoms with Gasteiger partial charge in [-0.2, -0.15) is 0 Å². The Balaban J connectivity index is 2.01. The molecule has 5 nitrogen and oxygen atoms in total. The number of nitrogens with two attached hydrogens (primary N) is 1. The molecule has 4 rings (SSSR count). The first kappa shape index (κ1) is 16.1. The molecule has 0 radical (unpaired) electrons. The molecule has 0 saturated carbocycles. The maximum Gasteiger partial charge on any atom is 0.340 e. The van der Waals surface area contributed by atoms with E-state index in [1.54, 1.807) is 19.3 Å². The third-order valence-corrected chi connectivity index (χ3v) is 4.53. The van der Waals surface area contributed by atoms with Crippen LogP contribution < -0.4 is 10.5 Å². The molecule has 3 aromatic rings. The van der Waals surface area contributed by atoms with Crippen molar-refractivity contribution in [2.75, 3.05) is 6.61 Å². The first-order valence-corrected chi connectivity index (χ1v) is 8.47. The first-order valence-electron chi connectivity index (χ1n) is 8.47. The summed E-state index contributed by atoms with van der Waals surface area (Å²) in [6.45, 7) is 2.03. The van der Waals surface area contributed by atoms with Crippen LogP contribution in [0.15, 0.2) is 72.4 Å². The lowest BCUT2D eigenvalue weighted by atomic mass is 9.81. The lowest BCUT2D eigenvalue weighted by molar-refractivity contribution is -0.139. The zero-order chi connectivity index (χ0) is 18.1. The number of aromatic nitrogens is 1. The normalized spacial score (nSPS) is 16.1. The van der Waals surface area contributed by atoms with Gasteiger partial charge in [0.2, 0.25) is 5.88 Å². The van der Waals surface area contributed by atoms with E-state index in [0.29, 0.717) is 11.3 Å². The van der Waals surface area contributed by atoms with E-state index in [1.165, 1.54) is 0 Å². The summed E-state index contributed by atoms with van der Waals surface area (Å²) >= 11 is 0. The van der Waals surface area contributed by atoms with Crippen LogP contribution in [0, 0.1) is 0 Å². The molecule has 1 aliphatic rings. The predicted octanol–water partition coefficient (Wildman–Crippen LogP) is 3.49. The SMILES string of the molecule is CCOC(=O)C1=C(N)Oc2ccc3ccccc3c2[C@@H]1c1ccncc1. The summed E-state index contributed by atoms with van der Waals surface area (Å²) in [4.78, 5) is 16.8. The molecule has 130 valence electrons. The predicted molar refractivity (Wildman–Crippen MR) is 98.5 cm³/mol. The Labute approximate surface area is 151 Å². The van der Waals surface area contributed by atoms with Crippen LogP contribution >= 0.6 is 0 Å². The Hall–Kier alpha value is -3.34. The van der Waals surface area contributed by atoms with Crippen LogP contribution in [-0.2, 0) is 9.53 Å². The summed E-state index contributed by atoms with van der Waals surface area (Å²) in [5, 5.41) is 2.08. The standard InChI is InChI=1S/C21H18N2O3/c1-2-25-21(24)19-17(14-9-11-23-12-10-14)18-15-6-4-3-5-13(15)7-8-16(18)26-20(19)22/h3-12,17H,2,22H2,1H3/t17-/m0/s1. The lowest BCUT2D eigenvalue weighted by Crippen LogP contribution is -2.27. The molecule has 2 heterocycles. The summed E-state index contributed by atoms with van der Waals surface area (Å²) in [6, 6.07) is 15.7. The lowest BCUT2D eigenvalue weighted by Gasteiger charge is -2.29. The quantitative estimate of drug-likeness (QED) is 0.735. The van der Waals surface area contributed by atoms with Gasteiger partial charge in [-0.25, -0.2) is 4.79 Å². The molecule has 0 amide bonds. The van der Waals surface area contributed by atoms with Crippen molar-refractivity contribution < 1.29 is 14.3 Å². The molecule has 0 fully saturated rings. The minimum absolute atomic E-state index is 0.0769. The van der Waals surface area contributed by atoms with Crippen molar-refractivity contribution in [1.82, 2.24) is 4.98 Å². The van der Waals surface area contributed by atoms with Crippen LogP contribution in [0.25, 0.3) is 10.8 Å². The van der Waals surface area contributed by atoms with Gasteiger partial charge in [-0.1, -0.05) is 30.3 Å². The van der Waals surface area contributed by atoms with E-state index >= 15 is 0 Å². The third-order valence-electron chi connectivity index (χ3n) is 4.53. The Morgan fingerprint density at radius 1 is 1.15 bits per heavy atom. The Morgan fingerprint density at radius 2 is 1.92 bits per heavy atom. The number of esters is 1. The maximum absolute atomic E-state index is 12.7. The highest BCUT2D eigenvalue weighted by atomic mass is 16.5. The van der Waals surface area contributed by atoms with Gasteiger partial charge in [-0.15, -0.1) is 0 Å². The van der Waals surface area contributed by atoms with Crippen molar-refractivity contribution in [3.05, 3.63) is 83.5 Å². The van der Waals surface area contributed by atoms with Gasteiger partial charge in [-0.05, 0) is 41.5 Å². The van der Waals surface area contributed by atoms with Gasteiger partial charge < -0.3 is 15.2 Å². The van der Waals surface area contributed by atoms with E-state index < -0.39 is 5.97 Å². The number of hydrogen-bond donors (Lipinski definition) is 1. The second-order valence-electron chi connectivity index (χ2n) is 6.01. The fraction of sp³-hybridized carbons (Fsp3) is 0.143. The van der Waals surface area contributed by atoms with Crippen molar-refractivity contribution in [3.63, 3.8) is 0 Å². The molecule has 0 saturated heterocycles. The zero-order valence-corrected chi connectivity index (χ0v) is 14.3. The number of ether oxygens (including phenoxy) is 2. The molecule has 1 aliphatic heterocycles. The van der Waals surface area contributed by atoms with Crippen LogP contribution in [0.5, 0.6) is 5.75 Å². The van der Waals surface area contributed by atoms with E-state index in [0.717, 1.165) is 21.9 Å². The number of rotatable bonds is 3. The van der Waals surface area contributed by atoms with Gasteiger partial charge in [0.15, 0.2) is 0 Å². The summed E-state index contributed by atoms with van der Waals surface area (Å²) in [5.74, 6) is -0.124. The monoisotopic (exact) mass is 346 g/mol. The molecule has 2 aromatic carbocycles. The minimum Gasteiger partial charge on any atom is -0.462 e. The number of fused-ring (bicyclic) bond motifs is 3. The van der Waals surface area contributed by atoms with Gasteiger partial charge in [0.05, 0.1) is 12.5 Å². The molecular weight excluding hydrogens is 328 g/mol. The number of pyridine rings is 1. The second-order valence-corrected chi connectivity index (χ2v) is 6.01. The Morgan fingerprint density at radius 3 is 2.69 bits per heavy atom. The molecule has 26 heavy (non-hydrogen) atoms. The first-order chi connectivity index (χ1) is 12.7. The van der Waals surface area contributed by atoms with Gasteiger partial charge >= 0.3 is 5.97 Å². The van der Waals surface area contributed by atoms with Crippen molar-refractivity contribution in [2.24, 2.45) is 5.73 Å². The van der Waals surface area contributed by atoms with Crippen LogP contribution in [-0.4, -0.2) is 17.6 Å². The average Bonchev–Trinajstić information content (AvgIpc) is 2.67. The summed E-state index contributed by atoms with van der Waals surface area (Å²) in [5.41, 5.74) is 8.28. The molecule has 0 unspecified atom stereocenters. The van der Waals surface area contributed by atoms with Crippen LogP contribution in [0.2, 0.25) is 0 Å². The summed E-state index contributed by atoms with van der Waals surface area (Å²) < 4.78 is 11.1. The Bertz CT molecular complexity index is 1010. The van der Waals surface area contributed by atoms with E-state index in [9.17, 15) is 4.79 Å². The maximum atomic E-state index is 12.7. The molecule has 0 bridgehead atoms. The average molecular weight is 346 g/mol. The van der Waals surface area contributed by atoms with Gasteiger partial charge in [0, 0.05) is 18.0 Å². The highest BCUT2D eigenvalue weighted by molar-refractivity contribution is 5.97. The number of carbonyl (C=O) groups is 1. The molecule has 2 N–H and O–H groups in total. The number of nitrogens with zero attached hydrogens (tertiary/aromatic N) is 1. The van der Waals surface area contributed by atoms with Crippen LogP contribution in [0.3, 0.4) is 0 Å². The number of carbonyl (C=O) groups excluding carboxylic acids is 1. The second kappa shape index (κ2) is 6.52. The van der Waals surface area contributed by atoms with Crippen LogP contribution in [0.1, 0.15) is 24.0 Å². The van der Waals surface area contributed by atoms with Crippen molar-refractivity contribution in [2.45, 2.75) is 12.8 Å². The Kier molecular flexibility index (Phi) is 4.05. The summed E-state index contributed by atoms with van der Waals surface area (Å²) in [6.07, 6.45) is 3.41. The van der Waals surface area contributed by atoms with E-state index in [4.69, 9.17) is 15.2 Å². The van der Waals surface area contributed by atoms with Crippen molar-refractivity contribution in [3.8, 4) is 5.75 Å². The van der Waals surface area contributed by atoms with Gasteiger partial charge in [-0.3, -0.25) is 4.98 Å². The largest absolute Gasteiger partial charge is 0.462 e. The van der Waals surface area contributed by atoms with Crippen molar-refractivity contribution in [1.29, 1.82) is 0 Å². The van der Waals surface area contributed by atoms with Gasteiger partial charge in [0.1, 0.15) is 11.3 Å². The van der Waals surface area contributed by atoms with Crippen LogP contribution in [0.4, 0.5) is 0 Å². The summed E-state index contributed by atoms with van der Waals surface area (Å²) in [7, 11) is 0. The van der Waals surface area contributed by atoms with Gasteiger partial charge in [0.25, 0.3) is 0 Å². The molecule has 0 aliphatic carbocycles. The topological polar surface area (TPSA) is 74.4 Å². The third kappa shape index (κ3) is 2.58. The van der Waals surface area contributed by atoms with E-state index in [1.807, 2.05) is 48.5 Å².